The molecule has 0 atom stereocenters. The molecule has 2 aromatic carbocycles. The molecule has 1 heterocycles. The zero-order valence-electron chi connectivity index (χ0n) is 19.2. The molecule has 1 fully saturated rings. The van der Waals surface area contributed by atoms with E-state index in [0.717, 1.165) is 17.0 Å². The van der Waals surface area contributed by atoms with Gasteiger partial charge in [-0.25, -0.2) is 4.79 Å². The van der Waals surface area contributed by atoms with Crippen molar-refractivity contribution in [3.8, 4) is 11.8 Å². The fourth-order valence-corrected chi connectivity index (χ4v) is 4.17. The number of alkyl halides is 3. The van der Waals surface area contributed by atoms with Crippen molar-refractivity contribution >= 4 is 34.9 Å². The quantitative estimate of drug-likeness (QED) is 0.310. The number of ether oxygens (including phenoxy) is 2. The van der Waals surface area contributed by atoms with E-state index in [-0.39, 0.29) is 17.4 Å². The minimum atomic E-state index is -4.76. The van der Waals surface area contributed by atoms with Crippen LogP contribution in [0.15, 0.2) is 42.5 Å². The van der Waals surface area contributed by atoms with Gasteiger partial charge in [0.05, 0.1) is 42.2 Å². The van der Waals surface area contributed by atoms with Gasteiger partial charge in [0, 0.05) is 6.54 Å². The van der Waals surface area contributed by atoms with Crippen molar-refractivity contribution < 1.29 is 32.2 Å². The largest absolute Gasteiger partial charge is 0.494 e. The van der Waals surface area contributed by atoms with E-state index in [0.29, 0.717) is 24.3 Å². The van der Waals surface area contributed by atoms with Crippen molar-refractivity contribution in [2.75, 3.05) is 25.2 Å². The maximum absolute atomic E-state index is 13.4. The van der Waals surface area contributed by atoms with Crippen LogP contribution in [0, 0.1) is 11.3 Å². The fraction of sp³-hybridized carbons (Fsp3) is 0.333. The van der Waals surface area contributed by atoms with Crippen LogP contribution in [-0.2, 0) is 15.7 Å². The van der Waals surface area contributed by atoms with Gasteiger partial charge < -0.3 is 14.4 Å². The lowest BCUT2D eigenvalue weighted by atomic mass is 10.0. The Labute approximate surface area is 205 Å². The molecule has 3 rings (SSSR count). The van der Waals surface area contributed by atoms with Gasteiger partial charge in [-0.15, -0.1) is 0 Å². The number of hydrogen-bond donors (Lipinski definition) is 0. The van der Waals surface area contributed by atoms with Crippen LogP contribution in [-0.4, -0.2) is 47.7 Å². The summed E-state index contributed by atoms with van der Waals surface area (Å²) in [4.78, 5) is 27.3. The number of anilines is 1. The second kappa shape index (κ2) is 9.92. The fourth-order valence-electron chi connectivity index (χ4n) is 3.66. The number of hydrogen-bond acceptors (Lipinski definition) is 6. The number of carbonyl (C=O) groups is 2. The summed E-state index contributed by atoms with van der Waals surface area (Å²) in [5.41, 5.74) is -2.42. The summed E-state index contributed by atoms with van der Waals surface area (Å²) in [5, 5.41) is 9.09. The number of nitriles is 1. The molecule has 1 saturated heterocycles. The van der Waals surface area contributed by atoms with Gasteiger partial charge >= 0.3 is 12.1 Å². The molecule has 0 spiro atoms. The number of esters is 1. The van der Waals surface area contributed by atoms with Crippen LogP contribution in [0.5, 0.6) is 5.75 Å². The highest BCUT2D eigenvalue weighted by Gasteiger charge is 2.49. The van der Waals surface area contributed by atoms with E-state index >= 15 is 0 Å². The van der Waals surface area contributed by atoms with Gasteiger partial charge in [-0.1, -0.05) is 0 Å². The maximum Gasteiger partial charge on any atom is 0.417 e. The van der Waals surface area contributed by atoms with Crippen LogP contribution < -0.4 is 9.64 Å². The van der Waals surface area contributed by atoms with Crippen LogP contribution in [0.25, 0.3) is 0 Å². The molecule has 7 nitrogen and oxygen atoms in total. The molecule has 35 heavy (non-hydrogen) atoms. The summed E-state index contributed by atoms with van der Waals surface area (Å²) in [6.07, 6.45) is -4.29. The highest BCUT2D eigenvalue weighted by Crippen LogP contribution is 2.37. The first-order valence-corrected chi connectivity index (χ1v) is 10.9. The zero-order chi connectivity index (χ0) is 26.0. The molecular formula is C24H22F3N3O4S. The standard InChI is InChI=1S/C24H22F3N3O4S/c1-23(2)21(32)30(17-8-5-16(14-28)19(13-17)24(25,26)27)22(35)29(23)11-4-12-34-18-9-6-15(7-10-18)20(31)33-3/h5-10,13H,4,11-12H2,1-3H3. The summed E-state index contributed by atoms with van der Waals surface area (Å²) >= 11 is 5.46. The lowest BCUT2D eigenvalue weighted by Crippen LogP contribution is -2.44. The molecule has 0 radical (unpaired) electrons. The van der Waals surface area contributed by atoms with Crippen molar-refractivity contribution in [3.05, 3.63) is 59.2 Å². The highest BCUT2D eigenvalue weighted by molar-refractivity contribution is 7.80. The Kier molecular flexibility index (Phi) is 7.36. The van der Waals surface area contributed by atoms with E-state index < -0.39 is 34.7 Å². The van der Waals surface area contributed by atoms with Crippen LogP contribution in [0.3, 0.4) is 0 Å². The summed E-state index contributed by atoms with van der Waals surface area (Å²) in [6.45, 7) is 3.87. The molecule has 1 aliphatic heterocycles. The predicted octanol–water partition coefficient (Wildman–Crippen LogP) is 4.54. The Morgan fingerprint density at radius 2 is 1.83 bits per heavy atom. The third kappa shape index (κ3) is 5.22. The SMILES string of the molecule is COC(=O)c1ccc(OCCCN2C(=S)N(c3ccc(C#N)c(C(F)(F)F)c3)C(=O)C2(C)C)cc1. The first-order valence-electron chi connectivity index (χ1n) is 10.5. The second-order valence-corrected chi connectivity index (χ2v) is 8.56. The summed E-state index contributed by atoms with van der Waals surface area (Å²) in [6, 6.07) is 11.0. The Hall–Kier alpha value is -3.65. The molecule has 0 saturated carbocycles. The van der Waals surface area contributed by atoms with E-state index in [1.165, 1.54) is 19.2 Å². The third-order valence-corrected chi connectivity index (χ3v) is 5.98. The molecule has 0 aliphatic carbocycles. The zero-order valence-corrected chi connectivity index (χ0v) is 20.0. The smallest absolute Gasteiger partial charge is 0.417 e. The predicted molar refractivity (Wildman–Crippen MR) is 125 cm³/mol. The van der Waals surface area contributed by atoms with E-state index in [2.05, 4.69) is 4.74 Å². The molecule has 1 amide bonds. The number of rotatable bonds is 7. The van der Waals surface area contributed by atoms with Crippen molar-refractivity contribution in [2.24, 2.45) is 0 Å². The molecule has 0 aromatic heterocycles. The number of methoxy groups -OCH3 is 1. The molecule has 2 aromatic rings. The summed E-state index contributed by atoms with van der Waals surface area (Å²) < 4.78 is 50.6. The van der Waals surface area contributed by atoms with Gasteiger partial charge in [0.2, 0.25) is 0 Å². The Morgan fingerprint density at radius 3 is 2.40 bits per heavy atom. The Bertz CT molecular complexity index is 1190. The Balaban J connectivity index is 1.70. The molecule has 11 heteroatoms. The average molecular weight is 506 g/mol. The van der Waals surface area contributed by atoms with Crippen LogP contribution >= 0.6 is 12.2 Å². The first kappa shape index (κ1) is 26.0. The number of benzene rings is 2. The van der Waals surface area contributed by atoms with Gasteiger partial charge in [0.1, 0.15) is 11.3 Å². The molecule has 0 N–H and O–H groups in total. The van der Waals surface area contributed by atoms with Crippen LogP contribution in [0.2, 0.25) is 0 Å². The average Bonchev–Trinajstić information content (AvgIpc) is 2.99. The minimum absolute atomic E-state index is 0.0520. The Morgan fingerprint density at radius 1 is 1.17 bits per heavy atom. The van der Waals surface area contributed by atoms with E-state index in [9.17, 15) is 22.8 Å². The van der Waals surface area contributed by atoms with Crippen LogP contribution in [0.4, 0.5) is 18.9 Å². The molecular weight excluding hydrogens is 483 g/mol. The number of carbonyl (C=O) groups excluding carboxylic acids is 2. The highest BCUT2D eigenvalue weighted by atomic mass is 32.1. The van der Waals surface area contributed by atoms with E-state index in [1.54, 1.807) is 43.0 Å². The normalized spacial score (nSPS) is 15.2. The molecule has 1 aliphatic rings. The van der Waals surface area contributed by atoms with Gasteiger partial charge in [-0.05, 0) is 75.0 Å². The lowest BCUT2D eigenvalue weighted by molar-refractivity contribution is -0.137. The van der Waals surface area contributed by atoms with Gasteiger partial charge in [0.15, 0.2) is 5.11 Å². The van der Waals surface area contributed by atoms with Gasteiger partial charge in [-0.3, -0.25) is 9.69 Å². The van der Waals surface area contributed by atoms with Crippen molar-refractivity contribution in [2.45, 2.75) is 32.0 Å². The summed E-state index contributed by atoms with van der Waals surface area (Å²) in [5.74, 6) is -0.393. The number of halogens is 3. The van der Waals surface area contributed by atoms with Crippen molar-refractivity contribution in [1.82, 2.24) is 4.90 Å². The number of thiocarbonyl (C=S) groups is 1. The molecule has 0 bridgehead atoms. The van der Waals surface area contributed by atoms with E-state index in [1.807, 2.05) is 0 Å². The van der Waals surface area contributed by atoms with Crippen molar-refractivity contribution in [3.63, 3.8) is 0 Å². The number of nitrogens with zero attached hydrogens (tertiary/aromatic N) is 3. The lowest BCUT2D eigenvalue weighted by Gasteiger charge is -2.29. The van der Waals surface area contributed by atoms with E-state index in [4.69, 9.17) is 22.2 Å². The molecule has 0 unspecified atom stereocenters. The van der Waals surface area contributed by atoms with Gasteiger partial charge in [-0.2, -0.15) is 18.4 Å². The summed E-state index contributed by atoms with van der Waals surface area (Å²) in [7, 11) is 1.29. The second-order valence-electron chi connectivity index (χ2n) is 8.19. The minimum Gasteiger partial charge on any atom is -0.494 e. The van der Waals surface area contributed by atoms with Gasteiger partial charge in [0.25, 0.3) is 5.91 Å². The van der Waals surface area contributed by atoms with Crippen LogP contribution in [0.1, 0.15) is 41.8 Å². The first-order chi connectivity index (χ1) is 16.4. The monoisotopic (exact) mass is 505 g/mol. The third-order valence-electron chi connectivity index (χ3n) is 5.58. The maximum atomic E-state index is 13.4. The number of amides is 1. The topological polar surface area (TPSA) is 82.9 Å². The molecule has 184 valence electrons. The van der Waals surface area contributed by atoms with Crippen molar-refractivity contribution in [1.29, 1.82) is 5.26 Å².